The van der Waals surface area contributed by atoms with Gasteiger partial charge in [-0.25, -0.2) is 9.00 Å². The summed E-state index contributed by atoms with van der Waals surface area (Å²) < 4.78 is 16.6. The van der Waals surface area contributed by atoms with E-state index in [4.69, 9.17) is 0 Å². The number of anilines is 1. The van der Waals surface area contributed by atoms with Gasteiger partial charge in [-0.2, -0.15) is 10.5 Å². The first-order chi connectivity index (χ1) is 14.9. The first kappa shape index (κ1) is 25.1. The molecule has 0 saturated heterocycles. The van der Waals surface area contributed by atoms with Crippen LogP contribution in [0.5, 0.6) is 0 Å². The van der Waals surface area contributed by atoms with E-state index in [1.165, 1.54) is 18.2 Å². The average molecular weight is 453 g/mol. The second kappa shape index (κ2) is 9.95. The highest BCUT2D eigenvalue weighted by Gasteiger charge is 2.20. The van der Waals surface area contributed by atoms with Crippen LogP contribution in [0.1, 0.15) is 81.2 Å². The van der Waals surface area contributed by atoms with Crippen LogP contribution < -0.4 is 5.32 Å². The first-order valence-corrected chi connectivity index (χ1v) is 11.4. The van der Waals surface area contributed by atoms with Gasteiger partial charge in [0.15, 0.2) is 0 Å². The Balaban J connectivity index is 2.50. The van der Waals surface area contributed by atoms with E-state index in [1.54, 1.807) is 26.0 Å². The molecule has 0 spiro atoms. The Morgan fingerprint density at radius 2 is 1.50 bits per heavy atom. The predicted molar refractivity (Wildman–Crippen MR) is 125 cm³/mol. The molecule has 0 aromatic heterocycles. The number of hydrogen-bond donors (Lipinski definition) is 3. The maximum Gasteiger partial charge on any atom is 0.353 e. The minimum Gasteiger partial charge on any atom is -0.386 e. The van der Waals surface area contributed by atoms with Crippen molar-refractivity contribution >= 4 is 22.3 Å². The third-order valence-corrected chi connectivity index (χ3v) is 6.02. The summed E-state index contributed by atoms with van der Waals surface area (Å²) in [7, 11) is -2.51. The molecule has 2 aromatic carbocycles. The van der Waals surface area contributed by atoms with Gasteiger partial charge >= 0.3 is 6.03 Å². The van der Waals surface area contributed by atoms with Gasteiger partial charge in [0.1, 0.15) is 0 Å². The number of nitrogens with one attached hydrogen (secondary N) is 1. The first-order valence-electron chi connectivity index (χ1n) is 10.2. The second-order valence-corrected chi connectivity index (χ2v) is 9.96. The predicted octanol–water partition coefficient (Wildman–Crippen LogP) is 5.16. The summed E-state index contributed by atoms with van der Waals surface area (Å²) >= 11 is 0. The third-order valence-electron chi connectivity index (χ3n) is 4.96. The van der Waals surface area contributed by atoms with E-state index in [9.17, 15) is 24.6 Å². The molecule has 0 aliphatic carbocycles. The Morgan fingerprint density at radius 1 is 1.00 bits per heavy atom. The van der Waals surface area contributed by atoms with Crippen LogP contribution in [-0.4, -0.2) is 15.3 Å². The number of amides is 2. The molecule has 0 saturated carbocycles. The van der Waals surface area contributed by atoms with Gasteiger partial charge in [-0.1, -0.05) is 27.7 Å². The summed E-state index contributed by atoms with van der Waals surface area (Å²) in [6.07, 6.45) is 0. The van der Waals surface area contributed by atoms with Crippen molar-refractivity contribution in [2.75, 3.05) is 5.32 Å². The molecular formula is C24H28N4O3S. The summed E-state index contributed by atoms with van der Waals surface area (Å²) in [6, 6.07) is 11.2. The van der Waals surface area contributed by atoms with Crippen LogP contribution in [0.15, 0.2) is 39.6 Å². The molecule has 168 valence electrons. The van der Waals surface area contributed by atoms with E-state index in [0.29, 0.717) is 16.8 Å². The van der Waals surface area contributed by atoms with Crippen LogP contribution in [0, 0.1) is 22.7 Å². The van der Waals surface area contributed by atoms with Crippen molar-refractivity contribution in [3.05, 3.63) is 58.1 Å². The molecule has 2 rings (SSSR count). The molecule has 2 N–H and O–H groups in total. The standard InChI is InChI=1S/C24H28N4O3S/c1-14(2)20-9-17(13-26)10-21(15(3)4)22(20)27-23(29)28-32(31)19-8-16(12-25)7-18(11-19)24(5,6)30/h7-11,14-15,30,32H,1-6H3,(H,27,29). The van der Waals surface area contributed by atoms with E-state index >= 15 is 0 Å². The monoisotopic (exact) mass is 452 g/mol. The summed E-state index contributed by atoms with van der Waals surface area (Å²) in [5, 5.41) is 31.6. The summed E-state index contributed by atoms with van der Waals surface area (Å²) in [6.45, 7) is 10.9. The fourth-order valence-electron chi connectivity index (χ4n) is 3.22. The highest BCUT2D eigenvalue weighted by Crippen LogP contribution is 2.34. The number of thiol groups is 1. The zero-order chi connectivity index (χ0) is 24.2. The van der Waals surface area contributed by atoms with Gasteiger partial charge in [0, 0.05) is 10.6 Å². The molecule has 0 aliphatic rings. The number of aliphatic hydroxyl groups is 1. The Kier molecular flexibility index (Phi) is 7.79. The number of carbonyl (C=O) groups excluding carboxylic acids is 1. The van der Waals surface area contributed by atoms with Gasteiger partial charge in [-0.15, -0.1) is 4.36 Å². The number of nitriles is 2. The smallest absolute Gasteiger partial charge is 0.353 e. The Labute approximate surface area is 190 Å². The lowest BCUT2D eigenvalue weighted by molar-refractivity contribution is 0.0783. The molecule has 1 unspecified atom stereocenters. The van der Waals surface area contributed by atoms with Gasteiger partial charge < -0.3 is 10.4 Å². The van der Waals surface area contributed by atoms with Crippen molar-refractivity contribution in [2.45, 2.75) is 63.9 Å². The second-order valence-electron chi connectivity index (χ2n) is 8.69. The molecule has 1 atom stereocenters. The summed E-state index contributed by atoms with van der Waals surface area (Å²) in [5.74, 6) is 0.0676. The van der Waals surface area contributed by atoms with Crippen LogP contribution in [0.25, 0.3) is 0 Å². The fraction of sp³-hybridized carbons (Fsp3) is 0.375. The maximum absolute atomic E-state index is 12.8. The molecule has 8 heteroatoms. The Morgan fingerprint density at radius 3 is 1.94 bits per heavy atom. The van der Waals surface area contributed by atoms with Crippen LogP contribution in [0.4, 0.5) is 10.5 Å². The molecule has 0 heterocycles. The molecule has 0 radical (unpaired) electrons. The summed E-state index contributed by atoms with van der Waals surface area (Å²) in [5.41, 5.74) is 2.03. The van der Waals surface area contributed by atoms with Crippen LogP contribution >= 0.6 is 0 Å². The highest BCUT2D eigenvalue weighted by molar-refractivity contribution is 7.75. The van der Waals surface area contributed by atoms with E-state index in [1.807, 2.05) is 33.8 Å². The van der Waals surface area contributed by atoms with Crippen molar-refractivity contribution in [1.29, 1.82) is 10.5 Å². The fourth-order valence-corrected chi connectivity index (χ4v) is 4.05. The lowest BCUT2D eigenvalue weighted by Crippen LogP contribution is -2.16. The number of benzene rings is 2. The van der Waals surface area contributed by atoms with Crippen LogP contribution in [0.2, 0.25) is 0 Å². The number of carbonyl (C=O) groups is 1. The van der Waals surface area contributed by atoms with Gasteiger partial charge in [0.05, 0.1) is 39.5 Å². The molecule has 2 aromatic rings. The largest absolute Gasteiger partial charge is 0.386 e. The normalized spacial score (nSPS) is 12.5. The van der Waals surface area contributed by atoms with Crippen molar-refractivity contribution in [3.63, 3.8) is 0 Å². The zero-order valence-corrected chi connectivity index (χ0v) is 20.0. The van der Waals surface area contributed by atoms with Crippen LogP contribution in [-0.2, 0) is 16.2 Å². The zero-order valence-electron chi connectivity index (χ0n) is 19.1. The number of urea groups is 1. The number of nitrogens with zero attached hydrogens (tertiary/aromatic N) is 3. The topological polar surface area (TPSA) is 126 Å². The Hall–Kier alpha value is -3.20. The molecule has 0 fully saturated rings. The van der Waals surface area contributed by atoms with E-state index in [2.05, 4.69) is 15.7 Å². The molecular weight excluding hydrogens is 424 g/mol. The molecule has 0 bridgehead atoms. The van der Waals surface area contributed by atoms with E-state index in [0.717, 1.165) is 11.1 Å². The molecule has 2 amide bonds. The number of hydrogen-bond acceptors (Lipinski definition) is 5. The molecule has 0 aliphatic heterocycles. The minimum absolute atomic E-state index is 0.0338. The van der Waals surface area contributed by atoms with E-state index < -0.39 is 22.2 Å². The van der Waals surface area contributed by atoms with Gasteiger partial charge in [0.25, 0.3) is 0 Å². The average Bonchev–Trinajstić information content (AvgIpc) is 2.72. The van der Waals surface area contributed by atoms with Crippen molar-refractivity contribution in [3.8, 4) is 12.1 Å². The lowest BCUT2D eigenvalue weighted by atomic mass is 9.90. The van der Waals surface area contributed by atoms with Crippen LogP contribution in [0.3, 0.4) is 0 Å². The SMILES string of the molecule is CC(C)c1cc(C#N)cc(C(C)C)c1NC(=O)N=[SH](=O)c1cc(C#N)cc(C(C)(C)O)c1. The van der Waals surface area contributed by atoms with Gasteiger partial charge in [-0.05, 0) is 72.7 Å². The van der Waals surface area contributed by atoms with Crippen molar-refractivity contribution < 1.29 is 14.1 Å². The minimum atomic E-state index is -2.51. The van der Waals surface area contributed by atoms with Gasteiger partial charge in [0.2, 0.25) is 0 Å². The lowest BCUT2D eigenvalue weighted by Gasteiger charge is -2.20. The Bertz CT molecular complexity index is 1180. The molecule has 32 heavy (non-hydrogen) atoms. The van der Waals surface area contributed by atoms with Crippen molar-refractivity contribution in [1.82, 2.24) is 0 Å². The maximum atomic E-state index is 12.8. The van der Waals surface area contributed by atoms with Gasteiger partial charge in [-0.3, -0.25) is 0 Å². The van der Waals surface area contributed by atoms with E-state index in [-0.39, 0.29) is 22.3 Å². The summed E-state index contributed by atoms with van der Waals surface area (Å²) in [4.78, 5) is 12.9. The third kappa shape index (κ3) is 5.94. The highest BCUT2D eigenvalue weighted by atomic mass is 32.2. The number of rotatable bonds is 5. The molecule has 7 nitrogen and oxygen atoms in total. The quantitative estimate of drug-likeness (QED) is 0.540. The van der Waals surface area contributed by atoms with Crippen molar-refractivity contribution in [2.24, 2.45) is 4.36 Å².